The van der Waals surface area contributed by atoms with Crippen molar-refractivity contribution in [3.8, 4) is 0 Å². The first-order valence-electron chi connectivity index (χ1n) is 7.46. The highest BCUT2D eigenvalue weighted by atomic mass is 19.2. The van der Waals surface area contributed by atoms with Gasteiger partial charge in [-0.2, -0.15) is 0 Å². The van der Waals surface area contributed by atoms with Crippen molar-refractivity contribution in [2.24, 2.45) is 5.92 Å². The number of halogens is 2. The lowest BCUT2D eigenvalue weighted by Gasteiger charge is -2.32. The Balaban J connectivity index is 1.86. The predicted molar refractivity (Wildman–Crippen MR) is 75.4 cm³/mol. The Bertz CT molecular complexity index is 434. The molecule has 1 atom stereocenters. The molecule has 0 radical (unpaired) electrons. The van der Waals surface area contributed by atoms with E-state index in [1.807, 2.05) is 0 Å². The van der Waals surface area contributed by atoms with E-state index in [0.29, 0.717) is 13.0 Å². The van der Waals surface area contributed by atoms with Crippen molar-refractivity contribution in [2.45, 2.75) is 38.7 Å². The van der Waals surface area contributed by atoms with Crippen LogP contribution in [0.3, 0.4) is 0 Å². The Hall–Kier alpha value is -1.00. The summed E-state index contributed by atoms with van der Waals surface area (Å²) in [6.07, 6.45) is 3.39. The summed E-state index contributed by atoms with van der Waals surface area (Å²) in [5.41, 5.74) is 0.0599. The van der Waals surface area contributed by atoms with E-state index in [9.17, 15) is 13.9 Å². The first-order chi connectivity index (χ1) is 9.61. The van der Waals surface area contributed by atoms with E-state index >= 15 is 0 Å². The highest BCUT2D eigenvalue weighted by Gasteiger charge is 2.21. The minimum Gasteiger partial charge on any atom is -0.388 e. The van der Waals surface area contributed by atoms with Crippen LogP contribution in [-0.2, 0) is 0 Å². The Morgan fingerprint density at radius 3 is 2.70 bits per heavy atom. The van der Waals surface area contributed by atoms with Gasteiger partial charge in [-0.3, -0.25) is 0 Å². The van der Waals surface area contributed by atoms with E-state index in [-0.39, 0.29) is 5.56 Å². The van der Waals surface area contributed by atoms with Crippen LogP contribution in [0.15, 0.2) is 18.2 Å². The zero-order valence-electron chi connectivity index (χ0n) is 12.0. The molecule has 0 heterocycles. The van der Waals surface area contributed by atoms with Crippen molar-refractivity contribution in [2.75, 3.05) is 19.6 Å². The minimum atomic E-state index is -0.943. The lowest BCUT2D eigenvalue weighted by Crippen LogP contribution is -2.33. The summed E-state index contributed by atoms with van der Waals surface area (Å²) in [6, 6.07) is 3.95. The van der Waals surface area contributed by atoms with E-state index in [4.69, 9.17) is 0 Å². The third-order valence-electron chi connectivity index (χ3n) is 4.25. The van der Waals surface area contributed by atoms with Crippen molar-refractivity contribution in [3.63, 3.8) is 0 Å². The second-order valence-electron chi connectivity index (χ2n) is 5.64. The fraction of sp³-hybridized carbons (Fsp3) is 0.625. The molecule has 1 N–H and O–H groups in total. The number of hydrogen-bond acceptors (Lipinski definition) is 2. The number of aliphatic hydroxyl groups excluding tert-OH is 1. The van der Waals surface area contributed by atoms with Crippen LogP contribution < -0.4 is 0 Å². The van der Waals surface area contributed by atoms with Gasteiger partial charge in [-0.05, 0) is 37.8 Å². The van der Waals surface area contributed by atoms with Crippen molar-refractivity contribution < 1.29 is 13.9 Å². The van der Waals surface area contributed by atoms with Crippen molar-refractivity contribution in [1.82, 2.24) is 4.90 Å². The molecule has 0 saturated heterocycles. The Kier molecular flexibility index (Phi) is 5.49. The van der Waals surface area contributed by atoms with Crippen LogP contribution >= 0.6 is 0 Å². The van der Waals surface area contributed by atoms with Crippen LogP contribution in [0.25, 0.3) is 0 Å². The van der Waals surface area contributed by atoms with E-state index < -0.39 is 17.7 Å². The Morgan fingerprint density at radius 1 is 1.35 bits per heavy atom. The summed E-state index contributed by atoms with van der Waals surface area (Å²) >= 11 is 0. The quantitative estimate of drug-likeness (QED) is 0.827. The molecular formula is C16H23F2NO. The Labute approximate surface area is 119 Å². The molecule has 2 rings (SSSR count). The number of hydrogen-bond donors (Lipinski definition) is 1. The van der Waals surface area contributed by atoms with Gasteiger partial charge in [-0.15, -0.1) is 0 Å². The van der Waals surface area contributed by atoms with E-state index in [0.717, 1.165) is 25.1 Å². The molecule has 0 aliphatic heterocycles. The molecule has 1 aliphatic carbocycles. The van der Waals surface area contributed by atoms with E-state index in [2.05, 4.69) is 11.8 Å². The zero-order valence-corrected chi connectivity index (χ0v) is 12.0. The average Bonchev–Trinajstić information content (AvgIpc) is 2.40. The molecule has 0 spiro atoms. The third kappa shape index (κ3) is 3.76. The molecular weight excluding hydrogens is 260 g/mol. The van der Waals surface area contributed by atoms with Crippen LogP contribution in [0.1, 0.15) is 44.3 Å². The normalized spacial score (nSPS) is 17.2. The molecule has 0 bridgehead atoms. The largest absolute Gasteiger partial charge is 0.388 e. The first-order valence-corrected chi connectivity index (χ1v) is 7.46. The molecule has 112 valence electrons. The molecule has 20 heavy (non-hydrogen) atoms. The predicted octanol–water partition coefficient (Wildman–Crippen LogP) is 3.51. The second-order valence-corrected chi connectivity index (χ2v) is 5.64. The molecule has 1 aromatic rings. The van der Waals surface area contributed by atoms with Crippen LogP contribution in [0.4, 0.5) is 8.78 Å². The zero-order chi connectivity index (χ0) is 14.5. The molecule has 4 heteroatoms. The first kappa shape index (κ1) is 15.4. The average molecular weight is 283 g/mol. The lowest BCUT2D eigenvalue weighted by molar-refractivity contribution is 0.123. The van der Waals surface area contributed by atoms with Crippen LogP contribution in [0, 0.1) is 17.6 Å². The number of rotatable bonds is 7. The smallest absolute Gasteiger partial charge is 0.164 e. The Morgan fingerprint density at radius 2 is 2.10 bits per heavy atom. The van der Waals surface area contributed by atoms with Gasteiger partial charge in [0.1, 0.15) is 0 Å². The summed E-state index contributed by atoms with van der Waals surface area (Å²) in [6.45, 7) is 4.78. The highest BCUT2D eigenvalue weighted by Crippen LogP contribution is 2.28. The maximum Gasteiger partial charge on any atom is 0.164 e. The van der Waals surface area contributed by atoms with Crippen LogP contribution in [0.5, 0.6) is 0 Å². The van der Waals surface area contributed by atoms with E-state index in [1.165, 1.54) is 31.4 Å². The van der Waals surface area contributed by atoms with Crippen LogP contribution in [0.2, 0.25) is 0 Å². The fourth-order valence-corrected chi connectivity index (χ4v) is 2.66. The molecule has 2 nitrogen and oxygen atoms in total. The SMILES string of the molecule is CCN(CCC(O)c1cccc(F)c1F)CC1CCC1. The van der Waals surface area contributed by atoms with E-state index in [1.54, 1.807) is 0 Å². The summed E-state index contributed by atoms with van der Waals surface area (Å²) in [5.74, 6) is -1.05. The second kappa shape index (κ2) is 7.14. The van der Waals surface area contributed by atoms with Gasteiger partial charge >= 0.3 is 0 Å². The van der Waals surface area contributed by atoms with Crippen molar-refractivity contribution in [3.05, 3.63) is 35.4 Å². The maximum absolute atomic E-state index is 13.6. The van der Waals surface area contributed by atoms with Gasteiger partial charge < -0.3 is 10.0 Å². The molecule has 0 aromatic heterocycles. The highest BCUT2D eigenvalue weighted by molar-refractivity contribution is 5.21. The topological polar surface area (TPSA) is 23.5 Å². The van der Waals surface area contributed by atoms with Gasteiger partial charge in [0.05, 0.1) is 6.10 Å². The van der Waals surface area contributed by atoms with Gasteiger partial charge in [0.15, 0.2) is 11.6 Å². The lowest BCUT2D eigenvalue weighted by atomic mass is 9.85. The molecule has 1 aliphatic rings. The summed E-state index contributed by atoms with van der Waals surface area (Å²) < 4.78 is 26.7. The molecule has 1 saturated carbocycles. The molecule has 0 amide bonds. The summed E-state index contributed by atoms with van der Waals surface area (Å²) in [7, 11) is 0. The summed E-state index contributed by atoms with van der Waals surface area (Å²) in [5, 5.41) is 10.0. The van der Waals surface area contributed by atoms with Gasteiger partial charge in [-0.25, -0.2) is 8.78 Å². The monoisotopic (exact) mass is 283 g/mol. The maximum atomic E-state index is 13.6. The number of aliphatic hydroxyl groups is 1. The van der Waals surface area contributed by atoms with Gasteiger partial charge in [0.2, 0.25) is 0 Å². The fourth-order valence-electron chi connectivity index (χ4n) is 2.66. The third-order valence-corrected chi connectivity index (χ3v) is 4.25. The summed E-state index contributed by atoms with van der Waals surface area (Å²) in [4.78, 5) is 2.28. The molecule has 1 fully saturated rings. The number of benzene rings is 1. The number of nitrogens with zero attached hydrogens (tertiary/aromatic N) is 1. The van der Waals surface area contributed by atoms with Gasteiger partial charge in [-0.1, -0.05) is 25.5 Å². The minimum absolute atomic E-state index is 0.0599. The molecule has 1 unspecified atom stereocenters. The molecule has 1 aromatic carbocycles. The van der Waals surface area contributed by atoms with Crippen molar-refractivity contribution in [1.29, 1.82) is 0 Å². The van der Waals surface area contributed by atoms with Gasteiger partial charge in [0.25, 0.3) is 0 Å². The van der Waals surface area contributed by atoms with Gasteiger partial charge in [0, 0.05) is 18.7 Å². The van der Waals surface area contributed by atoms with Crippen LogP contribution in [-0.4, -0.2) is 29.6 Å². The van der Waals surface area contributed by atoms with Crippen molar-refractivity contribution >= 4 is 0 Å². The standard InChI is InChI=1S/C16H23F2NO/c1-2-19(11-12-5-3-6-12)10-9-15(20)13-7-4-8-14(17)16(13)18/h4,7-8,12,15,20H,2-3,5-6,9-11H2,1H3.